The molecule has 4 nitrogen and oxygen atoms in total. The van der Waals surface area contributed by atoms with Gasteiger partial charge in [0.1, 0.15) is 18.1 Å². The standard InChI is InChI=1S/C13H17NO3/c1-16-11-4-2-5-12(10-11)17-9-8-14-7-3-6-13(14)15/h2,4-5,10H,3,6-9H2,1H3. The topological polar surface area (TPSA) is 38.8 Å². The van der Waals surface area contributed by atoms with Gasteiger partial charge in [0.25, 0.3) is 0 Å². The van der Waals surface area contributed by atoms with Gasteiger partial charge >= 0.3 is 0 Å². The van der Waals surface area contributed by atoms with Crippen molar-refractivity contribution < 1.29 is 14.3 Å². The first-order valence-electron chi connectivity index (χ1n) is 5.84. The summed E-state index contributed by atoms with van der Waals surface area (Å²) in [6.45, 7) is 2.05. The summed E-state index contributed by atoms with van der Waals surface area (Å²) < 4.78 is 10.7. The Kier molecular flexibility index (Phi) is 3.85. The highest BCUT2D eigenvalue weighted by Crippen LogP contribution is 2.19. The van der Waals surface area contributed by atoms with E-state index in [9.17, 15) is 4.79 Å². The molecule has 1 saturated heterocycles. The lowest BCUT2D eigenvalue weighted by molar-refractivity contribution is -0.128. The van der Waals surface area contributed by atoms with Gasteiger partial charge in [-0.3, -0.25) is 4.79 Å². The lowest BCUT2D eigenvalue weighted by Crippen LogP contribution is -2.29. The van der Waals surface area contributed by atoms with E-state index in [1.165, 1.54) is 0 Å². The van der Waals surface area contributed by atoms with Crippen LogP contribution in [0.3, 0.4) is 0 Å². The zero-order valence-corrected chi connectivity index (χ0v) is 10.0. The molecule has 0 aliphatic carbocycles. The molecule has 1 aliphatic heterocycles. The van der Waals surface area contributed by atoms with Crippen molar-refractivity contribution in [2.45, 2.75) is 12.8 Å². The van der Waals surface area contributed by atoms with E-state index in [1.807, 2.05) is 29.2 Å². The zero-order valence-electron chi connectivity index (χ0n) is 10.0. The zero-order chi connectivity index (χ0) is 12.1. The summed E-state index contributed by atoms with van der Waals surface area (Å²) in [4.78, 5) is 13.2. The fraction of sp³-hybridized carbons (Fsp3) is 0.462. The Morgan fingerprint density at radius 3 is 2.88 bits per heavy atom. The highest BCUT2D eigenvalue weighted by molar-refractivity contribution is 5.78. The lowest BCUT2D eigenvalue weighted by Gasteiger charge is -2.15. The quantitative estimate of drug-likeness (QED) is 0.779. The molecule has 1 aromatic rings. The number of ether oxygens (including phenoxy) is 2. The fourth-order valence-electron chi connectivity index (χ4n) is 1.91. The predicted molar refractivity (Wildman–Crippen MR) is 64.3 cm³/mol. The van der Waals surface area contributed by atoms with Crippen LogP contribution in [0.4, 0.5) is 0 Å². The second kappa shape index (κ2) is 5.57. The maximum absolute atomic E-state index is 11.4. The molecule has 0 N–H and O–H groups in total. The molecule has 4 heteroatoms. The number of hydrogen-bond acceptors (Lipinski definition) is 3. The first-order valence-corrected chi connectivity index (χ1v) is 5.84. The van der Waals surface area contributed by atoms with Gasteiger partial charge < -0.3 is 14.4 Å². The molecule has 1 fully saturated rings. The molecule has 92 valence electrons. The van der Waals surface area contributed by atoms with E-state index in [4.69, 9.17) is 9.47 Å². The number of carbonyl (C=O) groups excluding carboxylic acids is 1. The van der Waals surface area contributed by atoms with E-state index >= 15 is 0 Å². The van der Waals surface area contributed by atoms with Crippen molar-refractivity contribution in [3.8, 4) is 11.5 Å². The van der Waals surface area contributed by atoms with Crippen LogP contribution in [0.1, 0.15) is 12.8 Å². The third kappa shape index (κ3) is 3.12. The average molecular weight is 235 g/mol. The maximum Gasteiger partial charge on any atom is 0.222 e. The van der Waals surface area contributed by atoms with E-state index in [-0.39, 0.29) is 5.91 Å². The third-order valence-corrected chi connectivity index (χ3v) is 2.84. The highest BCUT2D eigenvalue weighted by atomic mass is 16.5. The van der Waals surface area contributed by atoms with E-state index < -0.39 is 0 Å². The second-order valence-corrected chi connectivity index (χ2v) is 4.01. The summed E-state index contributed by atoms with van der Waals surface area (Å²) in [5.41, 5.74) is 0. The highest BCUT2D eigenvalue weighted by Gasteiger charge is 2.19. The number of carbonyl (C=O) groups is 1. The van der Waals surface area contributed by atoms with Crippen LogP contribution in [0.5, 0.6) is 11.5 Å². The van der Waals surface area contributed by atoms with Gasteiger partial charge in [0.15, 0.2) is 0 Å². The van der Waals surface area contributed by atoms with Gasteiger partial charge in [0.2, 0.25) is 5.91 Å². The minimum Gasteiger partial charge on any atom is -0.497 e. The summed E-state index contributed by atoms with van der Waals surface area (Å²) in [6.07, 6.45) is 1.65. The van der Waals surface area contributed by atoms with Crippen LogP contribution in [0.2, 0.25) is 0 Å². The van der Waals surface area contributed by atoms with Gasteiger partial charge in [0, 0.05) is 19.0 Å². The van der Waals surface area contributed by atoms with Crippen LogP contribution in [-0.4, -0.2) is 37.6 Å². The van der Waals surface area contributed by atoms with Crippen molar-refractivity contribution in [2.75, 3.05) is 26.8 Å². The normalized spacial score (nSPS) is 15.1. The monoisotopic (exact) mass is 235 g/mol. The molecule has 0 aromatic heterocycles. The molecule has 0 unspecified atom stereocenters. The van der Waals surface area contributed by atoms with Crippen molar-refractivity contribution >= 4 is 5.91 Å². The molecule has 2 rings (SSSR count). The first-order chi connectivity index (χ1) is 8.29. The Labute approximate surface area is 101 Å². The van der Waals surface area contributed by atoms with Crippen molar-refractivity contribution in [3.05, 3.63) is 24.3 Å². The van der Waals surface area contributed by atoms with Gasteiger partial charge in [-0.15, -0.1) is 0 Å². The first kappa shape index (κ1) is 11.8. The Morgan fingerprint density at radius 1 is 1.35 bits per heavy atom. The van der Waals surface area contributed by atoms with Gasteiger partial charge in [-0.25, -0.2) is 0 Å². The lowest BCUT2D eigenvalue weighted by atomic mass is 10.3. The van der Waals surface area contributed by atoms with E-state index in [1.54, 1.807) is 7.11 Å². The molecule has 0 radical (unpaired) electrons. The molecule has 1 aromatic carbocycles. The van der Waals surface area contributed by atoms with Crippen LogP contribution in [0.15, 0.2) is 24.3 Å². The van der Waals surface area contributed by atoms with Gasteiger partial charge in [-0.1, -0.05) is 6.07 Å². The Balaban J connectivity index is 1.79. The van der Waals surface area contributed by atoms with Crippen molar-refractivity contribution in [2.24, 2.45) is 0 Å². The van der Waals surface area contributed by atoms with Crippen LogP contribution < -0.4 is 9.47 Å². The molecular formula is C13H17NO3. The molecule has 1 heterocycles. The molecule has 0 spiro atoms. The van der Waals surface area contributed by atoms with Crippen LogP contribution in [0, 0.1) is 0 Å². The Hall–Kier alpha value is -1.71. The number of nitrogens with zero attached hydrogens (tertiary/aromatic N) is 1. The van der Waals surface area contributed by atoms with Crippen molar-refractivity contribution in [1.29, 1.82) is 0 Å². The van der Waals surface area contributed by atoms with Gasteiger partial charge in [-0.05, 0) is 18.6 Å². The average Bonchev–Trinajstić information content (AvgIpc) is 2.76. The molecule has 1 amide bonds. The number of methoxy groups -OCH3 is 1. The molecule has 1 aliphatic rings. The van der Waals surface area contributed by atoms with Crippen molar-refractivity contribution in [1.82, 2.24) is 4.90 Å². The number of benzene rings is 1. The number of likely N-dealkylation sites (tertiary alicyclic amines) is 1. The maximum atomic E-state index is 11.4. The molecule has 17 heavy (non-hydrogen) atoms. The van der Waals surface area contributed by atoms with Crippen LogP contribution >= 0.6 is 0 Å². The number of hydrogen-bond donors (Lipinski definition) is 0. The van der Waals surface area contributed by atoms with Crippen LogP contribution in [-0.2, 0) is 4.79 Å². The van der Waals surface area contributed by atoms with E-state index in [2.05, 4.69) is 0 Å². The summed E-state index contributed by atoms with van der Waals surface area (Å²) in [7, 11) is 1.63. The van der Waals surface area contributed by atoms with Gasteiger partial charge in [0.05, 0.1) is 13.7 Å². The third-order valence-electron chi connectivity index (χ3n) is 2.84. The Bertz CT molecular complexity index is 392. The number of amides is 1. The smallest absolute Gasteiger partial charge is 0.222 e. The summed E-state index contributed by atoms with van der Waals surface area (Å²) >= 11 is 0. The molecule has 0 bridgehead atoms. The predicted octanol–water partition coefficient (Wildman–Crippen LogP) is 1.70. The fourth-order valence-corrected chi connectivity index (χ4v) is 1.91. The van der Waals surface area contributed by atoms with Gasteiger partial charge in [-0.2, -0.15) is 0 Å². The van der Waals surface area contributed by atoms with E-state index in [0.717, 1.165) is 24.5 Å². The number of rotatable bonds is 5. The second-order valence-electron chi connectivity index (χ2n) is 4.01. The molecular weight excluding hydrogens is 218 g/mol. The molecule has 0 saturated carbocycles. The van der Waals surface area contributed by atoms with Crippen LogP contribution in [0.25, 0.3) is 0 Å². The largest absolute Gasteiger partial charge is 0.497 e. The minimum atomic E-state index is 0.235. The Morgan fingerprint density at radius 2 is 2.18 bits per heavy atom. The summed E-state index contributed by atoms with van der Waals surface area (Å²) in [5.74, 6) is 1.79. The minimum absolute atomic E-state index is 0.235. The summed E-state index contributed by atoms with van der Waals surface area (Å²) in [6, 6.07) is 7.48. The summed E-state index contributed by atoms with van der Waals surface area (Å²) in [5, 5.41) is 0. The van der Waals surface area contributed by atoms with E-state index in [0.29, 0.717) is 19.6 Å². The molecule has 0 atom stereocenters. The van der Waals surface area contributed by atoms with Crippen molar-refractivity contribution in [3.63, 3.8) is 0 Å². The SMILES string of the molecule is COc1cccc(OCCN2CCCC2=O)c1.